The van der Waals surface area contributed by atoms with E-state index < -0.39 is 5.56 Å². The molecule has 0 atom stereocenters. The predicted octanol–water partition coefficient (Wildman–Crippen LogP) is 7.05. The molecule has 1 aromatic heterocycles. The highest BCUT2D eigenvalue weighted by molar-refractivity contribution is 7.98. The molecule has 0 aliphatic carbocycles. The number of nitrogens with zero attached hydrogens (tertiary/aromatic N) is 2. The van der Waals surface area contributed by atoms with Crippen LogP contribution in [-0.2, 0) is 5.75 Å². The van der Waals surface area contributed by atoms with Gasteiger partial charge in [-0.3, -0.25) is 14.9 Å². The lowest BCUT2D eigenvalue weighted by atomic mass is 10.0. The maximum Gasteiger partial charge on any atom is 0.270 e. The van der Waals surface area contributed by atoms with Crippen LogP contribution in [0.25, 0.3) is 22.4 Å². The van der Waals surface area contributed by atoms with Crippen LogP contribution in [0.15, 0.2) is 113 Å². The van der Waals surface area contributed by atoms with Crippen molar-refractivity contribution < 1.29 is 4.79 Å². The van der Waals surface area contributed by atoms with Crippen molar-refractivity contribution in [3.8, 4) is 28.5 Å². The first kappa shape index (κ1) is 28.8. The molecule has 0 bridgehead atoms. The van der Waals surface area contributed by atoms with Gasteiger partial charge in [0, 0.05) is 27.6 Å². The Labute approximate surface area is 256 Å². The fraction of sp³-hybridized carbons (Fsp3) is 0.0312. The zero-order valence-corrected chi connectivity index (χ0v) is 24.3. The second-order valence-corrected chi connectivity index (χ2v) is 10.9. The van der Waals surface area contributed by atoms with Gasteiger partial charge < -0.3 is 10.3 Å². The third-order valence-corrected chi connectivity index (χ3v) is 7.60. The van der Waals surface area contributed by atoms with E-state index in [4.69, 9.17) is 23.8 Å². The first-order chi connectivity index (χ1) is 20.4. The SMILES string of the molecule is N#Cc1c(-c2ccc(-c3ccccc3)cc2)nc(SCc2ccc(C(=O)NC(=S)Nc3ccc(Cl)cc3)cc2)[nH]c1=O. The number of amides is 1. The van der Waals surface area contributed by atoms with Crippen molar-refractivity contribution in [1.82, 2.24) is 15.3 Å². The molecule has 1 heterocycles. The molecule has 0 unspecified atom stereocenters. The van der Waals surface area contributed by atoms with Crippen LogP contribution in [0, 0.1) is 11.3 Å². The van der Waals surface area contributed by atoms with Gasteiger partial charge in [0.25, 0.3) is 11.5 Å². The molecule has 0 saturated carbocycles. The highest BCUT2D eigenvalue weighted by Gasteiger charge is 2.15. The van der Waals surface area contributed by atoms with Crippen LogP contribution in [0.3, 0.4) is 0 Å². The number of rotatable bonds is 7. The van der Waals surface area contributed by atoms with Crippen LogP contribution >= 0.6 is 35.6 Å². The molecule has 4 aromatic carbocycles. The molecule has 5 rings (SSSR count). The average molecular weight is 608 g/mol. The normalized spacial score (nSPS) is 10.5. The van der Waals surface area contributed by atoms with Crippen LogP contribution in [0.5, 0.6) is 0 Å². The van der Waals surface area contributed by atoms with Crippen LogP contribution < -0.4 is 16.2 Å². The molecule has 0 aliphatic heterocycles. The van der Waals surface area contributed by atoms with Crippen molar-refractivity contribution in [3.63, 3.8) is 0 Å². The Morgan fingerprint density at radius 1 is 0.905 bits per heavy atom. The quantitative estimate of drug-likeness (QED) is 0.103. The van der Waals surface area contributed by atoms with Gasteiger partial charge in [0.1, 0.15) is 11.6 Å². The lowest BCUT2D eigenvalue weighted by Crippen LogP contribution is -2.34. The number of aromatic nitrogens is 2. The van der Waals surface area contributed by atoms with Crippen molar-refractivity contribution in [1.29, 1.82) is 5.26 Å². The zero-order valence-electron chi connectivity index (χ0n) is 21.9. The van der Waals surface area contributed by atoms with Crippen molar-refractivity contribution in [3.05, 3.63) is 135 Å². The molecule has 5 aromatic rings. The molecule has 10 heteroatoms. The summed E-state index contributed by atoms with van der Waals surface area (Å²) < 4.78 is 0. The third kappa shape index (κ3) is 7.11. The van der Waals surface area contributed by atoms with Crippen LogP contribution in [0.1, 0.15) is 21.5 Å². The lowest BCUT2D eigenvalue weighted by Gasteiger charge is -2.10. The summed E-state index contributed by atoms with van der Waals surface area (Å²) in [5.41, 5.74) is 4.64. The summed E-state index contributed by atoms with van der Waals surface area (Å²) in [6.07, 6.45) is 0. The van der Waals surface area contributed by atoms with Crippen LogP contribution in [0.4, 0.5) is 5.69 Å². The highest BCUT2D eigenvalue weighted by atomic mass is 35.5. The standard InChI is InChI=1S/C32H22ClN5O2S2/c33-25-14-16-26(17-15-25)35-31(41)37-29(39)24-8-6-20(7-9-24)19-42-32-36-28(27(18-34)30(40)38-32)23-12-10-22(11-13-23)21-4-2-1-3-5-21/h1-17H,19H2,(H,36,38,40)(H2,35,37,39,41). The van der Waals surface area contributed by atoms with E-state index in [1.807, 2.05) is 72.8 Å². The second-order valence-electron chi connectivity index (χ2n) is 9.05. The van der Waals surface area contributed by atoms with Gasteiger partial charge in [-0.25, -0.2) is 4.98 Å². The van der Waals surface area contributed by atoms with Gasteiger partial charge in [-0.2, -0.15) is 5.26 Å². The molecule has 7 nitrogen and oxygen atoms in total. The Balaban J connectivity index is 1.24. The second kappa shape index (κ2) is 13.3. The van der Waals surface area contributed by atoms with Gasteiger partial charge in [-0.15, -0.1) is 0 Å². The van der Waals surface area contributed by atoms with Crippen molar-refractivity contribution in [2.24, 2.45) is 0 Å². The molecule has 0 aliphatic rings. The molecule has 0 spiro atoms. The number of benzene rings is 4. The van der Waals surface area contributed by atoms with E-state index in [0.29, 0.717) is 38.4 Å². The number of carbonyl (C=O) groups is 1. The summed E-state index contributed by atoms with van der Waals surface area (Å²) in [5.74, 6) is 0.140. The topological polar surface area (TPSA) is 111 Å². The predicted molar refractivity (Wildman–Crippen MR) is 172 cm³/mol. The Kier molecular flexibility index (Phi) is 9.09. The third-order valence-electron chi connectivity index (χ3n) is 6.20. The fourth-order valence-electron chi connectivity index (χ4n) is 4.06. The molecule has 0 saturated heterocycles. The van der Waals surface area contributed by atoms with Crippen LogP contribution in [0.2, 0.25) is 5.02 Å². The van der Waals surface area contributed by atoms with Crippen molar-refractivity contribution in [2.45, 2.75) is 10.9 Å². The zero-order chi connectivity index (χ0) is 29.5. The molecule has 206 valence electrons. The largest absolute Gasteiger partial charge is 0.332 e. The molecule has 0 fully saturated rings. The Morgan fingerprint density at radius 2 is 1.55 bits per heavy atom. The molecule has 42 heavy (non-hydrogen) atoms. The van der Waals surface area contributed by atoms with Gasteiger partial charge in [0.05, 0.1) is 5.69 Å². The van der Waals surface area contributed by atoms with Crippen molar-refractivity contribution in [2.75, 3.05) is 5.32 Å². The number of carbonyl (C=O) groups excluding carboxylic acids is 1. The number of thioether (sulfide) groups is 1. The number of hydrogen-bond acceptors (Lipinski definition) is 6. The molecule has 0 radical (unpaired) electrons. The van der Waals surface area contributed by atoms with E-state index in [1.54, 1.807) is 36.4 Å². The van der Waals surface area contributed by atoms with Gasteiger partial charge in [-0.1, -0.05) is 90.1 Å². The lowest BCUT2D eigenvalue weighted by molar-refractivity contribution is 0.0977. The average Bonchev–Trinajstić information content (AvgIpc) is 3.01. The minimum Gasteiger partial charge on any atom is -0.332 e. The number of nitriles is 1. The van der Waals surface area contributed by atoms with E-state index in [9.17, 15) is 14.9 Å². The number of nitrogens with one attached hydrogen (secondary N) is 3. The Hall–Kier alpha value is -4.75. The molecular weight excluding hydrogens is 586 g/mol. The van der Waals surface area contributed by atoms with Gasteiger partial charge >= 0.3 is 0 Å². The number of thiocarbonyl (C=S) groups is 1. The van der Waals surface area contributed by atoms with E-state index in [2.05, 4.69) is 20.6 Å². The summed E-state index contributed by atoms with van der Waals surface area (Å²) in [6.45, 7) is 0. The van der Waals surface area contributed by atoms with E-state index >= 15 is 0 Å². The Morgan fingerprint density at radius 3 is 2.21 bits per heavy atom. The summed E-state index contributed by atoms with van der Waals surface area (Å²) in [7, 11) is 0. The summed E-state index contributed by atoms with van der Waals surface area (Å²) in [4.78, 5) is 32.6. The van der Waals surface area contributed by atoms with Crippen LogP contribution in [-0.4, -0.2) is 21.0 Å². The minimum atomic E-state index is -0.493. The number of halogens is 1. The first-order valence-electron chi connectivity index (χ1n) is 12.7. The van der Waals surface area contributed by atoms with E-state index in [-0.39, 0.29) is 16.6 Å². The number of aromatic amines is 1. The van der Waals surface area contributed by atoms with Crippen molar-refractivity contribution >= 4 is 52.3 Å². The molecular formula is C32H22ClN5O2S2. The number of H-pyrrole nitrogens is 1. The molecule has 1 amide bonds. The first-order valence-corrected chi connectivity index (χ1v) is 14.5. The van der Waals surface area contributed by atoms with E-state index in [0.717, 1.165) is 16.7 Å². The van der Waals surface area contributed by atoms with Gasteiger partial charge in [-0.05, 0) is 65.3 Å². The highest BCUT2D eigenvalue weighted by Crippen LogP contribution is 2.27. The summed E-state index contributed by atoms with van der Waals surface area (Å²) in [6, 6.07) is 33.5. The maximum absolute atomic E-state index is 12.7. The van der Waals surface area contributed by atoms with Gasteiger partial charge in [0.15, 0.2) is 10.3 Å². The Bertz CT molecular complexity index is 1830. The monoisotopic (exact) mass is 607 g/mol. The number of anilines is 1. The fourth-order valence-corrected chi connectivity index (χ4v) is 5.21. The summed E-state index contributed by atoms with van der Waals surface area (Å²) in [5, 5.41) is 16.4. The van der Waals surface area contributed by atoms with Gasteiger partial charge in [0.2, 0.25) is 0 Å². The summed E-state index contributed by atoms with van der Waals surface area (Å²) >= 11 is 12.5. The maximum atomic E-state index is 12.7. The minimum absolute atomic E-state index is 0.0364. The van der Waals surface area contributed by atoms with E-state index in [1.165, 1.54) is 11.8 Å². The number of hydrogen-bond donors (Lipinski definition) is 3. The molecule has 3 N–H and O–H groups in total. The smallest absolute Gasteiger partial charge is 0.270 e.